The highest BCUT2D eigenvalue weighted by atomic mass is 16.2. The molecule has 1 N–H and O–H groups in total. The van der Waals surface area contributed by atoms with Gasteiger partial charge in [0.2, 0.25) is 0 Å². The van der Waals surface area contributed by atoms with Crippen LogP contribution in [0, 0.1) is 0 Å². The van der Waals surface area contributed by atoms with Gasteiger partial charge in [-0.05, 0) is 35.4 Å². The van der Waals surface area contributed by atoms with Gasteiger partial charge in [-0.3, -0.25) is 4.79 Å². The first-order valence-corrected chi connectivity index (χ1v) is 10.3. The van der Waals surface area contributed by atoms with Gasteiger partial charge < -0.3 is 14.8 Å². The topological polar surface area (TPSA) is 52.2 Å². The fraction of sp³-hybridized carbons (Fsp3) is 0.200. The summed E-state index contributed by atoms with van der Waals surface area (Å²) in [5.74, 6) is 0.0810. The van der Waals surface area contributed by atoms with Gasteiger partial charge in [0, 0.05) is 36.6 Å². The van der Waals surface area contributed by atoms with Crippen LogP contribution in [0.15, 0.2) is 79.3 Å². The minimum atomic E-state index is 0.0618. The molecular weight excluding hydrogens is 372 g/mol. The largest absolute Gasteiger partial charge is 0.363 e. The van der Waals surface area contributed by atoms with Crippen LogP contribution in [0.1, 0.15) is 28.5 Å². The summed E-state index contributed by atoms with van der Waals surface area (Å²) in [7, 11) is 0. The third kappa shape index (κ3) is 3.32. The van der Waals surface area contributed by atoms with Crippen LogP contribution in [0.5, 0.6) is 0 Å². The van der Waals surface area contributed by atoms with E-state index in [-0.39, 0.29) is 11.9 Å². The maximum Gasteiger partial charge on any atom is 0.255 e. The van der Waals surface area contributed by atoms with Crippen molar-refractivity contribution in [2.75, 3.05) is 11.4 Å². The number of fused-ring (bicyclic) bond motifs is 2. The lowest BCUT2D eigenvalue weighted by Crippen LogP contribution is -2.42. The van der Waals surface area contributed by atoms with Gasteiger partial charge in [0.15, 0.2) is 0 Å². The number of imidazole rings is 1. The van der Waals surface area contributed by atoms with E-state index in [1.807, 2.05) is 47.5 Å². The Bertz CT molecular complexity index is 1180. The molecule has 3 aromatic carbocycles. The number of benzene rings is 3. The van der Waals surface area contributed by atoms with Crippen LogP contribution in [0.3, 0.4) is 0 Å². The van der Waals surface area contributed by atoms with Crippen LogP contribution in [0.2, 0.25) is 0 Å². The summed E-state index contributed by atoms with van der Waals surface area (Å²) < 4.78 is 0. The number of nitrogens with one attached hydrogen (secondary N) is 1. The molecule has 0 saturated carbocycles. The van der Waals surface area contributed by atoms with Gasteiger partial charge in [-0.25, -0.2) is 4.98 Å². The number of carbonyl (C=O) groups is 1. The zero-order chi connectivity index (χ0) is 20.5. The van der Waals surface area contributed by atoms with Crippen molar-refractivity contribution in [3.05, 3.63) is 96.1 Å². The van der Waals surface area contributed by atoms with Gasteiger partial charge in [0.1, 0.15) is 0 Å². The second kappa shape index (κ2) is 7.67. The molecule has 1 atom stereocenters. The van der Waals surface area contributed by atoms with E-state index in [1.54, 1.807) is 6.33 Å². The summed E-state index contributed by atoms with van der Waals surface area (Å²) in [4.78, 5) is 25.4. The van der Waals surface area contributed by atoms with E-state index < -0.39 is 0 Å². The summed E-state index contributed by atoms with van der Waals surface area (Å²) in [5.41, 5.74) is 4.16. The Morgan fingerprint density at radius 1 is 1.07 bits per heavy atom. The van der Waals surface area contributed by atoms with Crippen molar-refractivity contribution in [1.82, 2.24) is 14.9 Å². The van der Waals surface area contributed by atoms with Crippen LogP contribution in [0.4, 0.5) is 5.69 Å². The van der Waals surface area contributed by atoms with Crippen molar-refractivity contribution in [3.63, 3.8) is 0 Å². The van der Waals surface area contributed by atoms with Gasteiger partial charge in [-0.15, -0.1) is 0 Å². The predicted molar refractivity (Wildman–Crippen MR) is 119 cm³/mol. The molecule has 1 aliphatic rings. The van der Waals surface area contributed by atoms with Crippen molar-refractivity contribution in [2.24, 2.45) is 0 Å². The number of aromatic amines is 1. The van der Waals surface area contributed by atoms with E-state index in [0.29, 0.717) is 6.54 Å². The number of rotatable bonds is 3. The van der Waals surface area contributed by atoms with Gasteiger partial charge in [0.05, 0.1) is 18.6 Å². The maximum atomic E-state index is 13.7. The van der Waals surface area contributed by atoms with E-state index in [4.69, 9.17) is 0 Å². The molecule has 4 aromatic rings. The minimum absolute atomic E-state index is 0.0618. The molecule has 30 heavy (non-hydrogen) atoms. The number of nitrogens with zero attached hydrogens (tertiary/aromatic N) is 3. The smallest absolute Gasteiger partial charge is 0.255 e. The quantitative estimate of drug-likeness (QED) is 0.550. The molecule has 0 aliphatic carbocycles. The van der Waals surface area contributed by atoms with E-state index in [0.717, 1.165) is 40.7 Å². The Labute approximate surface area is 176 Å². The summed E-state index contributed by atoms with van der Waals surface area (Å²) in [6.07, 6.45) is 3.57. The SMILES string of the molecule is C[C@@H]1CN(Cc2cnc[nH]2)c2ccccc2CN1C(=O)c1cccc2ccccc12. The van der Waals surface area contributed by atoms with Crippen LogP contribution in [-0.4, -0.2) is 33.4 Å². The minimum Gasteiger partial charge on any atom is -0.363 e. The number of hydrogen-bond donors (Lipinski definition) is 1. The summed E-state index contributed by atoms with van der Waals surface area (Å²) >= 11 is 0. The number of carbonyl (C=O) groups excluding carboxylic acids is 1. The van der Waals surface area contributed by atoms with Gasteiger partial charge in [0.25, 0.3) is 5.91 Å². The third-order valence-electron chi connectivity index (χ3n) is 5.89. The molecule has 0 spiro atoms. The molecule has 0 bridgehead atoms. The van der Waals surface area contributed by atoms with Crippen molar-refractivity contribution in [1.29, 1.82) is 0 Å². The lowest BCUT2D eigenvalue weighted by atomic mass is 10.0. The molecule has 0 unspecified atom stereocenters. The molecular formula is C25H24N4O. The first-order chi connectivity index (χ1) is 14.7. The number of anilines is 1. The zero-order valence-electron chi connectivity index (χ0n) is 17.0. The molecule has 5 nitrogen and oxygen atoms in total. The molecule has 2 heterocycles. The molecule has 0 fully saturated rings. The van der Waals surface area contributed by atoms with E-state index >= 15 is 0 Å². The van der Waals surface area contributed by atoms with Gasteiger partial charge in [-0.1, -0.05) is 54.6 Å². The molecule has 1 aromatic heterocycles. The first-order valence-electron chi connectivity index (χ1n) is 10.3. The average Bonchev–Trinajstić information content (AvgIpc) is 3.24. The van der Waals surface area contributed by atoms with Crippen molar-refractivity contribution in [3.8, 4) is 0 Å². The molecule has 5 heteroatoms. The standard InChI is InChI=1S/C25H24N4O/c1-18-14-28(16-21-13-26-17-27-21)24-12-5-3-8-20(24)15-29(18)25(30)23-11-6-9-19-7-2-4-10-22(19)23/h2-13,17-18H,14-16H2,1H3,(H,26,27)/t18-/m1/s1. The van der Waals surface area contributed by atoms with Crippen LogP contribution < -0.4 is 4.90 Å². The number of aromatic nitrogens is 2. The average molecular weight is 396 g/mol. The number of hydrogen-bond acceptors (Lipinski definition) is 3. The third-order valence-corrected chi connectivity index (χ3v) is 5.89. The molecule has 0 saturated heterocycles. The number of amides is 1. The number of para-hydroxylation sites is 1. The van der Waals surface area contributed by atoms with E-state index in [2.05, 4.69) is 52.1 Å². The van der Waals surface area contributed by atoms with Crippen LogP contribution in [0.25, 0.3) is 10.8 Å². The van der Waals surface area contributed by atoms with Crippen molar-refractivity contribution < 1.29 is 4.79 Å². The first kappa shape index (κ1) is 18.4. The monoisotopic (exact) mass is 396 g/mol. The second-order valence-electron chi connectivity index (χ2n) is 7.89. The Hall–Kier alpha value is -3.60. The Morgan fingerprint density at radius 3 is 2.73 bits per heavy atom. The Morgan fingerprint density at radius 2 is 1.87 bits per heavy atom. The maximum absolute atomic E-state index is 13.7. The van der Waals surface area contributed by atoms with Crippen molar-refractivity contribution in [2.45, 2.75) is 26.1 Å². The lowest BCUT2D eigenvalue weighted by molar-refractivity contribution is 0.0688. The normalized spacial score (nSPS) is 16.4. The van der Waals surface area contributed by atoms with E-state index in [1.165, 1.54) is 5.69 Å². The fourth-order valence-corrected chi connectivity index (χ4v) is 4.37. The zero-order valence-corrected chi connectivity index (χ0v) is 17.0. The van der Waals surface area contributed by atoms with Gasteiger partial charge >= 0.3 is 0 Å². The Kier molecular flexibility index (Phi) is 4.71. The Balaban J connectivity index is 1.52. The molecule has 1 amide bonds. The van der Waals surface area contributed by atoms with E-state index in [9.17, 15) is 4.79 Å². The molecule has 0 radical (unpaired) electrons. The summed E-state index contributed by atoms with van der Waals surface area (Å²) in [6.45, 7) is 4.22. The summed E-state index contributed by atoms with van der Waals surface area (Å²) in [6, 6.07) is 22.5. The highest BCUT2D eigenvalue weighted by Gasteiger charge is 2.29. The van der Waals surface area contributed by atoms with Crippen LogP contribution >= 0.6 is 0 Å². The highest BCUT2D eigenvalue weighted by molar-refractivity contribution is 6.07. The summed E-state index contributed by atoms with van der Waals surface area (Å²) in [5, 5.41) is 2.09. The van der Waals surface area contributed by atoms with Gasteiger partial charge in [-0.2, -0.15) is 0 Å². The second-order valence-corrected chi connectivity index (χ2v) is 7.89. The van der Waals surface area contributed by atoms with Crippen LogP contribution in [-0.2, 0) is 13.1 Å². The number of H-pyrrole nitrogens is 1. The molecule has 1 aliphatic heterocycles. The predicted octanol–water partition coefficient (Wildman–Crippen LogP) is 4.61. The molecule has 150 valence electrons. The highest BCUT2D eigenvalue weighted by Crippen LogP contribution is 2.30. The fourth-order valence-electron chi connectivity index (χ4n) is 4.37. The van der Waals surface area contributed by atoms with Crippen molar-refractivity contribution >= 4 is 22.4 Å². The molecule has 5 rings (SSSR count). The lowest BCUT2D eigenvalue weighted by Gasteiger charge is -2.30.